The largest absolute Gasteiger partial charge is 0.325 e. The van der Waals surface area contributed by atoms with E-state index in [-0.39, 0.29) is 39.0 Å². The van der Waals surface area contributed by atoms with Gasteiger partial charge in [-0.2, -0.15) is 5.26 Å². The van der Waals surface area contributed by atoms with Crippen molar-refractivity contribution in [2.24, 2.45) is 12.5 Å². The number of rotatable bonds is 7. The van der Waals surface area contributed by atoms with Gasteiger partial charge in [0.1, 0.15) is 11.6 Å². The smallest absolute Gasteiger partial charge is 0.242 e. The summed E-state index contributed by atoms with van der Waals surface area (Å²) in [6, 6.07) is 16.2. The van der Waals surface area contributed by atoms with Crippen LogP contribution in [0.5, 0.6) is 0 Å². The summed E-state index contributed by atoms with van der Waals surface area (Å²) >= 11 is 12.3. The van der Waals surface area contributed by atoms with E-state index in [4.69, 9.17) is 23.2 Å². The molecular formula is C32H31Cl2F2N7O. The van der Waals surface area contributed by atoms with E-state index in [1.807, 2.05) is 0 Å². The van der Waals surface area contributed by atoms with Crippen molar-refractivity contribution in [3.05, 3.63) is 93.5 Å². The Kier molecular flexibility index (Phi) is 8.76. The van der Waals surface area contributed by atoms with Gasteiger partial charge in [0.2, 0.25) is 5.91 Å². The summed E-state index contributed by atoms with van der Waals surface area (Å²) < 4.78 is 33.2. The zero-order valence-corrected chi connectivity index (χ0v) is 26.1. The molecule has 0 bridgehead atoms. The summed E-state index contributed by atoms with van der Waals surface area (Å²) in [6.07, 6.45) is 0.751. The lowest BCUT2D eigenvalue weighted by Gasteiger charge is -2.39. The van der Waals surface area contributed by atoms with Gasteiger partial charge >= 0.3 is 0 Å². The summed E-state index contributed by atoms with van der Waals surface area (Å²) in [7, 11) is 1.70. The number of halogens is 4. The van der Waals surface area contributed by atoms with Gasteiger partial charge in [0, 0.05) is 40.3 Å². The van der Waals surface area contributed by atoms with Crippen LogP contribution < -0.4 is 10.6 Å². The zero-order chi connectivity index (χ0) is 31.8. The van der Waals surface area contributed by atoms with Crippen molar-refractivity contribution in [3.63, 3.8) is 0 Å². The Bertz CT molecular complexity index is 1750. The molecule has 1 amide bonds. The van der Waals surface area contributed by atoms with E-state index in [0.29, 0.717) is 23.5 Å². The van der Waals surface area contributed by atoms with E-state index in [1.54, 1.807) is 37.4 Å². The minimum Gasteiger partial charge on any atom is -0.325 e. The molecule has 4 aromatic rings. The molecule has 12 heteroatoms. The van der Waals surface area contributed by atoms with Gasteiger partial charge in [-0.05, 0) is 64.6 Å². The number of nitrogens with one attached hydrogen (secondary N) is 2. The summed E-state index contributed by atoms with van der Waals surface area (Å²) in [5.74, 6) is -2.82. The first-order chi connectivity index (χ1) is 20.8. The Morgan fingerprint density at radius 2 is 1.93 bits per heavy atom. The second kappa shape index (κ2) is 12.2. The number of aromatic nitrogens is 4. The first kappa shape index (κ1) is 31.5. The van der Waals surface area contributed by atoms with Crippen LogP contribution in [0.2, 0.25) is 10.0 Å². The molecule has 2 N–H and O–H groups in total. The maximum atomic E-state index is 16.1. The molecule has 2 heterocycles. The molecule has 3 aromatic carbocycles. The van der Waals surface area contributed by atoms with Crippen LogP contribution in [0.3, 0.4) is 0 Å². The molecule has 1 saturated heterocycles. The van der Waals surface area contributed by atoms with Crippen LogP contribution in [-0.4, -0.2) is 38.2 Å². The Hall–Kier alpha value is -3.91. The third kappa shape index (κ3) is 6.05. The number of hydrogen-bond acceptors (Lipinski definition) is 6. The van der Waals surface area contributed by atoms with Crippen molar-refractivity contribution in [2.75, 3.05) is 5.32 Å². The van der Waals surface area contributed by atoms with Crippen molar-refractivity contribution in [1.82, 2.24) is 25.5 Å². The number of hydrogen-bond donors (Lipinski definition) is 2. The second-order valence-corrected chi connectivity index (χ2v) is 13.2. The fourth-order valence-corrected chi connectivity index (χ4v) is 6.67. The van der Waals surface area contributed by atoms with E-state index >= 15 is 8.78 Å². The third-order valence-corrected chi connectivity index (χ3v) is 8.53. The molecule has 1 fully saturated rings. The summed E-state index contributed by atoms with van der Waals surface area (Å²) in [6.45, 7) is 6.16. The van der Waals surface area contributed by atoms with Crippen LogP contribution >= 0.6 is 23.2 Å². The summed E-state index contributed by atoms with van der Waals surface area (Å²) in [5, 5.41) is 28.6. The normalized spacial score (nSPS) is 20.7. The highest BCUT2D eigenvalue weighted by Crippen LogP contribution is 2.52. The van der Waals surface area contributed by atoms with Gasteiger partial charge in [-0.3, -0.25) is 4.79 Å². The molecule has 1 aromatic heterocycles. The molecule has 8 nitrogen and oxygen atoms in total. The number of carbonyl (C=O) groups is 1. The fourth-order valence-electron chi connectivity index (χ4n) is 6.34. The molecule has 44 heavy (non-hydrogen) atoms. The average Bonchev–Trinajstić information content (AvgIpc) is 3.55. The van der Waals surface area contributed by atoms with Gasteiger partial charge < -0.3 is 10.6 Å². The van der Waals surface area contributed by atoms with Gasteiger partial charge in [-0.1, -0.05) is 74.3 Å². The lowest BCUT2D eigenvalue weighted by atomic mass is 9.62. The monoisotopic (exact) mass is 637 g/mol. The van der Waals surface area contributed by atoms with Crippen molar-refractivity contribution in [2.45, 2.75) is 57.0 Å². The van der Waals surface area contributed by atoms with Crippen LogP contribution in [-0.2, 0) is 17.3 Å². The van der Waals surface area contributed by atoms with Gasteiger partial charge in [0.25, 0.3) is 0 Å². The van der Waals surface area contributed by atoms with Crippen LogP contribution in [0, 0.1) is 28.4 Å². The minimum absolute atomic E-state index is 0.00376. The van der Waals surface area contributed by atoms with E-state index in [2.05, 4.69) is 53.0 Å². The first-order valence-corrected chi connectivity index (χ1v) is 14.8. The first-order valence-electron chi connectivity index (χ1n) is 14.0. The quantitative estimate of drug-likeness (QED) is 0.230. The van der Waals surface area contributed by atoms with E-state index < -0.39 is 34.9 Å². The molecule has 0 unspecified atom stereocenters. The van der Waals surface area contributed by atoms with Crippen molar-refractivity contribution in [1.29, 1.82) is 5.26 Å². The summed E-state index contributed by atoms with van der Waals surface area (Å²) in [5.41, 5.74) is -0.608. The highest BCUT2D eigenvalue weighted by atomic mass is 35.5. The standard InChI is InChI=1S/C32H31Cl2F2N7O/c1-31(2,3)15-21-16-32(23-9-6-10-25(34)27(23)36,24(17-37)22-12-11-19(33)14-26(22)35)28(38-21)30(44)39-20-8-5-7-18(13-20)29-40-41-42-43(29)4/h5-14,21,24,28,38H,15-16H2,1-4H3,(H,39,44)/t21-,24+,28-,32-/m0/s1. The molecule has 5 rings (SSSR count). The topological polar surface area (TPSA) is 109 Å². The Morgan fingerprint density at radius 1 is 1.18 bits per heavy atom. The van der Waals surface area contributed by atoms with E-state index in [1.165, 1.54) is 28.9 Å². The molecule has 0 aliphatic carbocycles. The molecule has 4 atom stereocenters. The number of nitrogens with zero attached hydrogens (tertiary/aromatic N) is 5. The van der Waals surface area contributed by atoms with E-state index in [0.717, 1.165) is 6.07 Å². The number of amides is 1. The molecule has 0 saturated carbocycles. The van der Waals surface area contributed by atoms with Gasteiger partial charge in [0.05, 0.1) is 23.1 Å². The lowest BCUT2D eigenvalue weighted by molar-refractivity contribution is -0.119. The highest BCUT2D eigenvalue weighted by Gasteiger charge is 2.58. The average molecular weight is 639 g/mol. The Balaban J connectivity index is 1.67. The van der Waals surface area contributed by atoms with E-state index in [9.17, 15) is 10.1 Å². The van der Waals surface area contributed by atoms with Gasteiger partial charge in [-0.25, -0.2) is 13.5 Å². The number of anilines is 1. The zero-order valence-electron chi connectivity index (χ0n) is 24.6. The number of nitriles is 1. The minimum atomic E-state index is -1.57. The van der Waals surface area contributed by atoms with Crippen LogP contribution in [0.1, 0.15) is 50.7 Å². The maximum Gasteiger partial charge on any atom is 0.242 e. The highest BCUT2D eigenvalue weighted by molar-refractivity contribution is 6.31. The molecule has 0 spiro atoms. The van der Waals surface area contributed by atoms with Crippen LogP contribution in [0.4, 0.5) is 14.5 Å². The third-order valence-electron chi connectivity index (χ3n) is 8.00. The molecule has 0 radical (unpaired) electrons. The Labute approximate surface area is 264 Å². The molecule has 228 valence electrons. The number of carbonyl (C=O) groups excluding carboxylic acids is 1. The Morgan fingerprint density at radius 3 is 2.59 bits per heavy atom. The van der Waals surface area contributed by atoms with Crippen molar-refractivity contribution < 1.29 is 13.6 Å². The number of benzene rings is 3. The summed E-state index contributed by atoms with van der Waals surface area (Å²) in [4.78, 5) is 14.4. The molecule has 1 aliphatic rings. The van der Waals surface area contributed by atoms with Crippen molar-refractivity contribution in [3.8, 4) is 17.5 Å². The lowest BCUT2D eigenvalue weighted by Crippen LogP contribution is -2.52. The van der Waals surface area contributed by atoms with Crippen LogP contribution in [0.15, 0.2) is 60.7 Å². The predicted molar refractivity (Wildman–Crippen MR) is 165 cm³/mol. The second-order valence-electron chi connectivity index (χ2n) is 12.3. The number of tetrazole rings is 1. The van der Waals surface area contributed by atoms with Gasteiger partial charge in [0.15, 0.2) is 5.82 Å². The molecular weight excluding hydrogens is 607 g/mol. The van der Waals surface area contributed by atoms with Crippen LogP contribution in [0.25, 0.3) is 11.4 Å². The maximum absolute atomic E-state index is 16.1. The SMILES string of the molecule is Cn1nnnc1-c1cccc(NC(=O)[C@@H]2N[C@@H](CC(C)(C)C)C[C@]2(c2cccc(Cl)c2F)[C@H](C#N)c2ccc(Cl)cc2F)c1. The number of aryl methyl sites for hydroxylation is 1. The van der Waals surface area contributed by atoms with Crippen molar-refractivity contribution >= 4 is 34.8 Å². The fraction of sp³-hybridized carbons (Fsp3) is 0.344. The predicted octanol–water partition coefficient (Wildman–Crippen LogP) is 6.81. The molecule has 1 aliphatic heterocycles. The van der Waals surface area contributed by atoms with Gasteiger partial charge in [-0.15, -0.1) is 5.10 Å².